The molecule has 0 aliphatic heterocycles. The van der Waals surface area contributed by atoms with Crippen LogP contribution in [-0.4, -0.2) is 15.9 Å². The normalized spacial score (nSPS) is 12.0. The summed E-state index contributed by atoms with van der Waals surface area (Å²) in [6.07, 6.45) is 3.37. The van der Waals surface area contributed by atoms with Crippen LogP contribution in [0.3, 0.4) is 0 Å². The van der Waals surface area contributed by atoms with Crippen LogP contribution in [0, 0.1) is 11.6 Å². The Hall–Kier alpha value is -2.67. The lowest BCUT2D eigenvalue weighted by Gasteiger charge is -2.11. The number of hydrogen-bond acceptors (Lipinski definition) is 4. The van der Waals surface area contributed by atoms with Crippen molar-refractivity contribution in [2.24, 2.45) is 0 Å². The zero-order valence-corrected chi connectivity index (χ0v) is 13.5. The second-order valence-corrected chi connectivity index (χ2v) is 6.02. The molecule has 122 valence electrons. The Kier molecular flexibility index (Phi) is 4.61. The lowest BCUT2D eigenvalue weighted by molar-refractivity contribution is 0.0935. The van der Waals surface area contributed by atoms with Gasteiger partial charge in [-0.1, -0.05) is 0 Å². The number of thiazole rings is 1. The van der Waals surface area contributed by atoms with Crippen LogP contribution >= 0.6 is 11.3 Å². The first-order valence-electron chi connectivity index (χ1n) is 7.16. The molecule has 0 fully saturated rings. The lowest BCUT2D eigenvalue weighted by Crippen LogP contribution is -2.27. The summed E-state index contributed by atoms with van der Waals surface area (Å²) in [6.45, 7) is 1.74. The van der Waals surface area contributed by atoms with Gasteiger partial charge < -0.3 is 5.32 Å². The molecule has 4 nitrogen and oxygen atoms in total. The van der Waals surface area contributed by atoms with Crippen LogP contribution in [0.15, 0.2) is 48.1 Å². The summed E-state index contributed by atoms with van der Waals surface area (Å²) in [6, 6.07) is 6.04. The number of carbonyl (C=O) groups excluding carboxylic acids is 1. The van der Waals surface area contributed by atoms with Gasteiger partial charge in [0.2, 0.25) is 0 Å². The van der Waals surface area contributed by atoms with E-state index in [1.807, 2.05) is 17.5 Å². The van der Waals surface area contributed by atoms with Gasteiger partial charge in [0, 0.05) is 23.3 Å². The Balaban J connectivity index is 1.75. The number of hydrogen-bond donors (Lipinski definition) is 1. The molecule has 1 unspecified atom stereocenters. The van der Waals surface area contributed by atoms with Gasteiger partial charge in [0.15, 0.2) is 0 Å². The number of nitrogens with zero attached hydrogens (tertiary/aromatic N) is 2. The third-order valence-electron chi connectivity index (χ3n) is 3.37. The van der Waals surface area contributed by atoms with Crippen molar-refractivity contribution in [3.63, 3.8) is 0 Å². The first-order chi connectivity index (χ1) is 11.5. The molecule has 3 aromatic rings. The van der Waals surface area contributed by atoms with Gasteiger partial charge in [0.05, 0.1) is 17.3 Å². The number of carbonyl (C=O) groups is 1. The number of pyridine rings is 1. The number of aromatic nitrogens is 2. The van der Waals surface area contributed by atoms with E-state index in [2.05, 4.69) is 15.3 Å². The topological polar surface area (TPSA) is 54.9 Å². The van der Waals surface area contributed by atoms with Gasteiger partial charge >= 0.3 is 0 Å². The molecule has 0 aliphatic carbocycles. The molecule has 0 saturated heterocycles. The smallest absolute Gasteiger partial charge is 0.254 e. The van der Waals surface area contributed by atoms with Crippen molar-refractivity contribution in [1.82, 2.24) is 15.3 Å². The van der Waals surface area contributed by atoms with Crippen molar-refractivity contribution < 1.29 is 13.6 Å². The summed E-state index contributed by atoms with van der Waals surface area (Å²) in [5, 5.41) is 5.16. The minimum absolute atomic E-state index is 0.328. The highest BCUT2D eigenvalue weighted by Gasteiger charge is 2.18. The molecule has 7 heteroatoms. The third-order valence-corrected chi connectivity index (χ3v) is 4.40. The van der Waals surface area contributed by atoms with Gasteiger partial charge in [-0.3, -0.25) is 9.78 Å². The van der Waals surface area contributed by atoms with Gasteiger partial charge in [-0.05, 0) is 37.3 Å². The number of benzene rings is 1. The third kappa shape index (κ3) is 3.46. The molecule has 0 radical (unpaired) electrons. The van der Waals surface area contributed by atoms with Crippen LogP contribution in [0.5, 0.6) is 0 Å². The van der Waals surface area contributed by atoms with E-state index >= 15 is 0 Å². The minimum Gasteiger partial charge on any atom is -0.343 e. The second kappa shape index (κ2) is 6.84. The zero-order chi connectivity index (χ0) is 17.1. The van der Waals surface area contributed by atoms with Crippen LogP contribution in [0.2, 0.25) is 0 Å². The average molecular weight is 345 g/mol. The number of rotatable bonds is 4. The van der Waals surface area contributed by atoms with Gasteiger partial charge in [-0.15, -0.1) is 11.3 Å². The molecule has 0 saturated carbocycles. The van der Waals surface area contributed by atoms with Crippen molar-refractivity contribution in [2.45, 2.75) is 13.0 Å². The maximum atomic E-state index is 13.7. The van der Waals surface area contributed by atoms with E-state index in [1.165, 1.54) is 11.3 Å². The highest BCUT2D eigenvalue weighted by Crippen LogP contribution is 2.25. The Morgan fingerprint density at radius 1 is 1.29 bits per heavy atom. The molecule has 1 amide bonds. The predicted molar refractivity (Wildman–Crippen MR) is 87.6 cm³/mol. The first kappa shape index (κ1) is 16.2. The van der Waals surface area contributed by atoms with Crippen LogP contribution in [0.4, 0.5) is 8.78 Å². The quantitative estimate of drug-likeness (QED) is 0.778. The standard InChI is InChI=1S/C17H13F2N3OS/c1-10(21-16(23)13-7-12(18)4-5-14(13)19)17-22-15(9-24-17)11-3-2-6-20-8-11/h2-10H,1H3,(H,21,23). The van der Waals surface area contributed by atoms with Crippen LogP contribution < -0.4 is 5.32 Å². The molecule has 1 atom stereocenters. The second-order valence-electron chi connectivity index (χ2n) is 5.13. The highest BCUT2D eigenvalue weighted by molar-refractivity contribution is 7.10. The Labute approximate surface area is 141 Å². The number of amides is 1. The molecule has 2 heterocycles. The van der Waals surface area contributed by atoms with Crippen LogP contribution in [0.25, 0.3) is 11.3 Å². The highest BCUT2D eigenvalue weighted by atomic mass is 32.1. The summed E-state index contributed by atoms with van der Waals surface area (Å²) >= 11 is 1.38. The maximum Gasteiger partial charge on any atom is 0.254 e. The van der Waals surface area contributed by atoms with E-state index < -0.39 is 23.6 Å². The molecule has 0 bridgehead atoms. The van der Waals surface area contributed by atoms with Gasteiger partial charge in [-0.25, -0.2) is 13.8 Å². The fourth-order valence-corrected chi connectivity index (χ4v) is 2.98. The van der Waals surface area contributed by atoms with Crippen molar-refractivity contribution in [3.8, 4) is 11.3 Å². The molecule has 24 heavy (non-hydrogen) atoms. The monoisotopic (exact) mass is 345 g/mol. The molecule has 0 spiro atoms. The Bertz CT molecular complexity index is 867. The van der Waals surface area contributed by atoms with E-state index in [4.69, 9.17) is 0 Å². The Morgan fingerprint density at radius 2 is 2.12 bits per heavy atom. The van der Waals surface area contributed by atoms with Crippen molar-refractivity contribution in [1.29, 1.82) is 0 Å². The fraction of sp³-hybridized carbons (Fsp3) is 0.118. The SMILES string of the molecule is CC(NC(=O)c1cc(F)ccc1F)c1nc(-c2cccnc2)cs1. The number of nitrogens with one attached hydrogen (secondary N) is 1. The van der Waals surface area contributed by atoms with Crippen molar-refractivity contribution in [2.75, 3.05) is 0 Å². The molecule has 0 aliphatic rings. The molecule has 2 aromatic heterocycles. The number of halogens is 2. The average Bonchev–Trinajstić information content (AvgIpc) is 3.08. The lowest BCUT2D eigenvalue weighted by atomic mass is 10.2. The van der Waals surface area contributed by atoms with Gasteiger partial charge in [0.1, 0.15) is 16.6 Å². The van der Waals surface area contributed by atoms with Gasteiger partial charge in [-0.2, -0.15) is 0 Å². The molecular weight excluding hydrogens is 332 g/mol. The predicted octanol–water partition coefficient (Wildman–Crippen LogP) is 3.97. The summed E-state index contributed by atoms with van der Waals surface area (Å²) in [5.74, 6) is -2.11. The minimum atomic E-state index is -0.767. The molecular formula is C17H13F2N3OS. The summed E-state index contributed by atoms with van der Waals surface area (Å²) in [5.41, 5.74) is 1.29. The molecule has 1 N–H and O–H groups in total. The maximum absolute atomic E-state index is 13.7. The van der Waals surface area contributed by atoms with Crippen molar-refractivity contribution in [3.05, 3.63) is 70.3 Å². The zero-order valence-electron chi connectivity index (χ0n) is 12.7. The molecule has 3 rings (SSSR count). The van der Waals surface area contributed by atoms with Crippen molar-refractivity contribution >= 4 is 17.2 Å². The molecule has 1 aromatic carbocycles. The summed E-state index contributed by atoms with van der Waals surface area (Å²) in [4.78, 5) is 20.6. The van der Waals surface area contributed by atoms with E-state index in [-0.39, 0.29) is 5.56 Å². The van der Waals surface area contributed by atoms with E-state index in [0.29, 0.717) is 5.01 Å². The first-order valence-corrected chi connectivity index (χ1v) is 8.04. The largest absolute Gasteiger partial charge is 0.343 e. The van der Waals surface area contributed by atoms with Crippen LogP contribution in [0.1, 0.15) is 28.3 Å². The van der Waals surface area contributed by atoms with E-state index in [9.17, 15) is 13.6 Å². The van der Waals surface area contributed by atoms with E-state index in [1.54, 1.807) is 19.3 Å². The fourth-order valence-electron chi connectivity index (χ4n) is 2.14. The summed E-state index contributed by atoms with van der Waals surface area (Å²) < 4.78 is 26.8. The Morgan fingerprint density at radius 3 is 2.88 bits per heavy atom. The van der Waals surface area contributed by atoms with E-state index in [0.717, 1.165) is 29.5 Å². The van der Waals surface area contributed by atoms with Gasteiger partial charge in [0.25, 0.3) is 5.91 Å². The summed E-state index contributed by atoms with van der Waals surface area (Å²) in [7, 11) is 0. The van der Waals surface area contributed by atoms with Crippen LogP contribution in [-0.2, 0) is 0 Å².